The van der Waals surface area contributed by atoms with E-state index in [0.29, 0.717) is 5.92 Å². The molecule has 0 fully saturated rings. The lowest BCUT2D eigenvalue weighted by atomic mass is 9.99. The van der Waals surface area contributed by atoms with Gasteiger partial charge in [-0.2, -0.15) is 0 Å². The first kappa shape index (κ1) is 7.55. The van der Waals surface area contributed by atoms with E-state index in [0.717, 1.165) is 13.0 Å². The molecule has 10 heavy (non-hydrogen) atoms. The Hall–Kier alpha value is -0.560. The van der Waals surface area contributed by atoms with E-state index in [9.17, 15) is 0 Å². The van der Waals surface area contributed by atoms with E-state index in [1.165, 1.54) is 11.1 Å². The van der Waals surface area contributed by atoms with Gasteiger partial charge in [-0.25, -0.2) is 0 Å². The molecule has 0 amide bonds. The second kappa shape index (κ2) is 3.02. The molecular formula is C9H15N. The zero-order valence-electron chi connectivity index (χ0n) is 6.72. The molecule has 0 bridgehead atoms. The van der Waals surface area contributed by atoms with Gasteiger partial charge in [0, 0.05) is 0 Å². The van der Waals surface area contributed by atoms with E-state index in [1.54, 1.807) is 0 Å². The van der Waals surface area contributed by atoms with Crippen LogP contribution in [0.15, 0.2) is 23.3 Å². The summed E-state index contributed by atoms with van der Waals surface area (Å²) in [6.07, 6.45) is 5.53. The Morgan fingerprint density at radius 2 is 2.20 bits per heavy atom. The molecule has 1 unspecified atom stereocenters. The van der Waals surface area contributed by atoms with Crippen LogP contribution in [-0.4, -0.2) is 6.54 Å². The summed E-state index contributed by atoms with van der Waals surface area (Å²) in [5.41, 5.74) is 8.37. The lowest BCUT2D eigenvalue weighted by molar-refractivity contribution is 0.690. The maximum absolute atomic E-state index is 5.46. The number of rotatable bonds is 2. The van der Waals surface area contributed by atoms with Gasteiger partial charge in [0.05, 0.1) is 0 Å². The van der Waals surface area contributed by atoms with Gasteiger partial charge in [0.2, 0.25) is 0 Å². The molecule has 0 spiro atoms. The van der Waals surface area contributed by atoms with Crippen LogP contribution in [0.1, 0.15) is 20.3 Å². The van der Waals surface area contributed by atoms with Crippen LogP contribution < -0.4 is 5.73 Å². The number of nitrogens with two attached hydrogens (primary N) is 1. The van der Waals surface area contributed by atoms with Gasteiger partial charge in [0.25, 0.3) is 0 Å². The molecule has 56 valence electrons. The van der Waals surface area contributed by atoms with Gasteiger partial charge in [-0.3, -0.25) is 0 Å². The lowest BCUT2D eigenvalue weighted by Crippen LogP contribution is -2.06. The Morgan fingerprint density at radius 1 is 1.50 bits per heavy atom. The molecule has 1 atom stereocenters. The second-order valence-electron chi connectivity index (χ2n) is 2.91. The average Bonchev–Trinajstić information content (AvgIpc) is 2.20. The van der Waals surface area contributed by atoms with Crippen molar-refractivity contribution in [2.75, 3.05) is 6.54 Å². The van der Waals surface area contributed by atoms with Crippen molar-refractivity contribution in [2.24, 2.45) is 11.7 Å². The first-order valence-corrected chi connectivity index (χ1v) is 3.81. The van der Waals surface area contributed by atoms with E-state index < -0.39 is 0 Å². The predicted molar refractivity (Wildman–Crippen MR) is 44.7 cm³/mol. The molecule has 0 aliphatic heterocycles. The Morgan fingerprint density at radius 3 is 2.60 bits per heavy atom. The van der Waals surface area contributed by atoms with Gasteiger partial charge in [-0.15, -0.1) is 0 Å². The van der Waals surface area contributed by atoms with Crippen LogP contribution in [-0.2, 0) is 0 Å². The first-order chi connectivity index (χ1) is 4.75. The van der Waals surface area contributed by atoms with Crippen molar-refractivity contribution in [1.29, 1.82) is 0 Å². The van der Waals surface area contributed by atoms with Crippen molar-refractivity contribution in [1.82, 2.24) is 0 Å². The van der Waals surface area contributed by atoms with Crippen molar-refractivity contribution in [3.8, 4) is 0 Å². The molecule has 2 N–H and O–H groups in total. The molecule has 1 nitrogen and oxygen atoms in total. The zero-order valence-corrected chi connectivity index (χ0v) is 6.72. The molecule has 0 saturated heterocycles. The highest BCUT2D eigenvalue weighted by Gasteiger charge is 2.12. The van der Waals surface area contributed by atoms with Crippen LogP contribution in [0.25, 0.3) is 0 Å². The third-order valence-electron chi connectivity index (χ3n) is 2.23. The average molecular weight is 137 g/mol. The van der Waals surface area contributed by atoms with E-state index in [1.807, 2.05) is 0 Å². The summed E-state index contributed by atoms with van der Waals surface area (Å²) < 4.78 is 0. The summed E-state index contributed by atoms with van der Waals surface area (Å²) >= 11 is 0. The van der Waals surface area contributed by atoms with Gasteiger partial charge >= 0.3 is 0 Å². The quantitative estimate of drug-likeness (QED) is 0.617. The van der Waals surface area contributed by atoms with Gasteiger partial charge < -0.3 is 5.73 Å². The fourth-order valence-corrected chi connectivity index (χ4v) is 1.32. The molecule has 1 heteroatoms. The Balaban J connectivity index is 2.59. The van der Waals surface area contributed by atoms with Gasteiger partial charge in [-0.05, 0) is 32.7 Å². The molecule has 0 saturated carbocycles. The third-order valence-corrected chi connectivity index (χ3v) is 2.23. The van der Waals surface area contributed by atoms with Crippen LogP contribution in [0.2, 0.25) is 0 Å². The van der Waals surface area contributed by atoms with E-state index >= 15 is 0 Å². The minimum Gasteiger partial charge on any atom is -0.330 e. The Bertz CT molecular complexity index is 177. The Labute approximate surface area is 62.6 Å². The number of hydrogen-bond donors (Lipinski definition) is 1. The van der Waals surface area contributed by atoms with Gasteiger partial charge in [-0.1, -0.05) is 23.3 Å². The van der Waals surface area contributed by atoms with Gasteiger partial charge in [0.15, 0.2) is 0 Å². The maximum Gasteiger partial charge on any atom is -0.000513 e. The lowest BCUT2D eigenvalue weighted by Gasteiger charge is -2.07. The molecule has 1 rings (SSSR count). The molecule has 1 aliphatic carbocycles. The summed E-state index contributed by atoms with van der Waals surface area (Å²) in [6.45, 7) is 5.14. The van der Waals surface area contributed by atoms with Crippen LogP contribution in [0, 0.1) is 5.92 Å². The SMILES string of the molecule is CC1=C(C)C(CCN)C=C1. The molecule has 0 aromatic carbocycles. The van der Waals surface area contributed by atoms with Crippen molar-refractivity contribution in [2.45, 2.75) is 20.3 Å². The second-order valence-corrected chi connectivity index (χ2v) is 2.91. The normalized spacial score (nSPS) is 24.5. The largest absolute Gasteiger partial charge is 0.330 e. The summed E-state index contributed by atoms with van der Waals surface area (Å²) in [7, 11) is 0. The zero-order chi connectivity index (χ0) is 7.56. The van der Waals surface area contributed by atoms with Crippen LogP contribution in [0.5, 0.6) is 0 Å². The summed E-state index contributed by atoms with van der Waals surface area (Å²) in [5, 5.41) is 0. The van der Waals surface area contributed by atoms with Crippen LogP contribution in [0.4, 0.5) is 0 Å². The minimum atomic E-state index is 0.630. The summed E-state index contributed by atoms with van der Waals surface area (Å²) in [5.74, 6) is 0.630. The molecule has 0 radical (unpaired) electrons. The smallest absolute Gasteiger partial charge is 0.000513 e. The minimum absolute atomic E-state index is 0.630. The molecular weight excluding hydrogens is 122 g/mol. The molecule has 0 aromatic heterocycles. The summed E-state index contributed by atoms with van der Waals surface area (Å²) in [6, 6.07) is 0. The first-order valence-electron chi connectivity index (χ1n) is 3.81. The van der Waals surface area contributed by atoms with Crippen molar-refractivity contribution in [3.63, 3.8) is 0 Å². The van der Waals surface area contributed by atoms with Crippen LogP contribution in [0.3, 0.4) is 0 Å². The molecule has 0 aromatic rings. The van der Waals surface area contributed by atoms with Crippen LogP contribution >= 0.6 is 0 Å². The fourth-order valence-electron chi connectivity index (χ4n) is 1.32. The monoisotopic (exact) mass is 137 g/mol. The fraction of sp³-hybridized carbons (Fsp3) is 0.556. The Kier molecular flexibility index (Phi) is 2.28. The standard InChI is InChI=1S/C9H15N/c1-7-3-4-9(5-6-10)8(7)2/h3-4,9H,5-6,10H2,1-2H3. The molecule has 1 aliphatic rings. The topological polar surface area (TPSA) is 26.0 Å². The van der Waals surface area contributed by atoms with Crippen molar-refractivity contribution < 1.29 is 0 Å². The van der Waals surface area contributed by atoms with Crippen molar-refractivity contribution >= 4 is 0 Å². The van der Waals surface area contributed by atoms with E-state index in [-0.39, 0.29) is 0 Å². The third kappa shape index (κ3) is 1.29. The summed E-state index contributed by atoms with van der Waals surface area (Å²) in [4.78, 5) is 0. The van der Waals surface area contributed by atoms with E-state index in [2.05, 4.69) is 26.0 Å². The van der Waals surface area contributed by atoms with E-state index in [4.69, 9.17) is 5.73 Å². The highest BCUT2D eigenvalue weighted by molar-refractivity contribution is 5.33. The van der Waals surface area contributed by atoms with Gasteiger partial charge in [0.1, 0.15) is 0 Å². The number of hydrogen-bond acceptors (Lipinski definition) is 1. The highest BCUT2D eigenvalue weighted by Crippen LogP contribution is 2.26. The molecule has 0 heterocycles. The number of allylic oxidation sites excluding steroid dienone is 4. The van der Waals surface area contributed by atoms with Crippen molar-refractivity contribution in [3.05, 3.63) is 23.3 Å². The predicted octanol–water partition coefficient (Wildman–Crippen LogP) is 1.86. The maximum atomic E-state index is 5.46. The highest BCUT2D eigenvalue weighted by atomic mass is 14.5.